The van der Waals surface area contributed by atoms with Crippen LogP contribution in [0.2, 0.25) is 0 Å². The maximum atomic E-state index is 4.12. The van der Waals surface area contributed by atoms with Gasteiger partial charge in [0.05, 0.1) is 0 Å². The predicted octanol–water partition coefficient (Wildman–Crippen LogP) is 4.46. The molecule has 1 nitrogen and oxygen atoms in total. The molecule has 0 radical (unpaired) electrons. The molecule has 88 valence electrons. The van der Waals surface area contributed by atoms with Crippen LogP contribution in [0, 0.1) is 6.92 Å². The van der Waals surface area contributed by atoms with Crippen molar-refractivity contribution in [3.63, 3.8) is 0 Å². The Bertz CT molecular complexity index is 511. The zero-order valence-corrected chi connectivity index (χ0v) is 11.8. The second kappa shape index (κ2) is 4.92. The second-order valence-corrected chi connectivity index (χ2v) is 4.93. The van der Waals surface area contributed by atoms with E-state index in [2.05, 4.69) is 77.7 Å². The van der Waals surface area contributed by atoms with E-state index in [0.717, 1.165) is 16.7 Å². The lowest BCUT2D eigenvalue weighted by molar-refractivity contribution is 0.528. The van der Waals surface area contributed by atoms with Crippen LogP contribution in [0.4, 0.5) is 0 Å². The number of likely N-dealkylation sites (N-methyl/N-ethyl adjacent to an activating group) is 1. The first kappa shape index (κ1) is 12.2. The van der Waals surface area contributed by atoms with E-state index in [1.165, 1.54) is 16.8 Å². The number of allylic oxidation sites excluding steroid dienone is 3. The molecule has 0 atom stereocenters. The summed E-state index contributed by atoms with van der Waals surface area (Å²) in [6.45, 7) is 9.32. The summed E-state index contributed by atoms with van der Waals surface area (Å²) in [4.78, 5) is 2.23. The van der Waals surface area contributed by atoms with Gasteiger partial charge in [-0.25, -0.2) is 0 Å². The van der Waals surface area contributed by atoms with E-state index in [4.69, 9.17) is 0 Å². The van der Waals surface area contributed by atoms with Crippen molar-refractivity contribution in [1.82, 2.24) is 4.90 Å². The van der Waals surface area contributed by atoms with Crippen molar-refractivity contribution in [2.45, 2.75) is 13.8 Å². The van der Waals surface area contributed by atoms with E-state index >= 15 is 0 Å². The molecule has 1 aliphatic rings. The maximum absolute atomic E-state index is 4.12. The number of aryl methyl sites for hydroxylation is 1. The molecule has 0 aromatic heterocycles. The SMILES string of the molecule is C=C1C(Br)=CC=C(c2ccccc2C)N1CC. The van der Waals surface area contributed by atoms with Crippen LogP contribution >= 0.6 is 15.9 Å². The summed E-state index contributed by atoms with van der Waals surface area (Å²) in [5.74, 6) is 0. The molecular weight excluding hydrogens is 274 g/mol. The van der Waals surface area contributed by atoms with Gasteiger partial charge >= 0.3 is 0 Å². The average molecular weight is 290 g/mol. The fraction of sp³-hybridized carbons (Fsp3) is 0.200. The van der Waals surface area contributed by atoms with Crippen molar-refractivity contribution in [3.8, 4) is 0 Å². The van der Waals surface area contributed by atoms with Gasteiger partial charge in [0, 0.05) is 28.0 Å². The molecule has 0 fully saturated rings. The number of benzene rings is 1. The average Bonchev–Trinajstić information content (AvgIpc) is 2.33. The summed E-state index contributed by atoms with van der Waals surface area (Å²) < 4.78 is 1.05. The number of halogens is 1. The van der Waals surface area contributed by atoms with Crippen molar-refractivity contribution < 1.29 is 0 Å². The molecule has 0 spiro atoms. The van der Waals surface area contributed by atoms with Gasteiger partial charge in [-0.15, -0.1) is 0 Å². The predicted molar refractivity (Wildman–Crippen MR) is 77.7 cm³/mol. The Labute approximate surface area is 111 Å². The third-order valence-electron chi connectivity index (χ3n) is 3.02. The van der Waals surface area contributed by atoms with Crippen LogP contribution in [0.3, 0.4) is 0 Å². The fourth-order valence-electron chi connectivity index (χ4n) is 2.07. The molecule has 1 aliphatic heterocycles. The van der Waals surface area contributed by atoms with Gasteiger partial charge in [0.25, 0.3) is 0 Å². The third-order valence-corrected chi connectivity index (χ3v) is 3.74. The fourth-order valence-corrected chi connectivity index (χ4v) is 2.42. The van der Waals surface area contributed by atoms with Gasteiger partial charge in [0.1, 0.15) is 0 Å². The Morgan fingerprint density at radius 3 is 2.59 bits per heavy atom. The zero-order valence-electron chi connectivity index (χ0n) is 10.2. The highest BCUT2D eigenvalue weighted by molar-refractivity contribution is 9.12. The summed E-state index contributed by atoms with van der Waals surface area (Å²) in [6.07, 6.45) is 4.21. The van der Waals surface area contributed by atoms with Gasteiger partial charge in [-0.05, 0) is 47.5 Å². The molecule has 0 N–H and O–H groups in total. The molecule has 0 amide bonds. The van der Waals surface area contributed by atoms with Crippen LogP contribution in [0.5, 0.6) is 0 Å². The lowest BCUT2D eigenvalue weighted by Gasteiger charge is -2.31. The quantitative estimate of drug-likeness (QED) is 0.777. The van der Waals surface area contributed by atoms with Crippen molar-refractivity contribution in [2.24, 2.45) is 0 Å². The van der Waals surface area contributed by atoms with E-state index in [9.17, 15) is 0 Å². The van der Waals surface area contributed by atoms with Crippen LogP contribution in [0.15, 0.2) is 53.2 Å². The molecule has 2 heteroatoms. The molecule has 2 rings (SSSR count). The molecule has 17 heavy (non-hydrogen) atoms. The number of hydrogen-bond acceptors (Lipinski definition) is 1. The Balaban J connectivity index is 2.51. The van der Waals surface area contributed by atoms with Gasteiger partial charge < -0.3 is 4.90 Å². The molecule has 0 bridgehead atoms. The van der Waals surface area contributed by atoms with E-state index in [1.807, 2.05) is 0 Å². The first-order valence-corrected chi connectivity index (χ1v) is 6.54. The minimum atomic E-state index is 0.919. The van der Waals surface area contributed by atoms with Gasteiger partial charge in [0.2, 0.25) is 0 Å². The summed E-state index contributed by atoms with van der Waals surface area (Å²) in [7, 11) is 0. The molecule has 1 aromatic rings. The minimum Gasteiger partial charge on any atom is -0.341 e. The first-order valence-electron chi connectivity index (χ1n) is 5.75. The Morgan fingerprint density at radius 2 is 1.94 bits per heavy atom. The standard InChI is InChI=1S/C15H16BrN/c1-4-17-12(3)14(16)9-10-15(17)13-8-6-5-7-11(13)2/h5-10H,3-4H2,1-2H3. The lowest BCUT2D eigenvalue weighted by Crippen LogP contribution is -2.23. The molecule has 0 saturated carbocycles. The molecular formula is C15H16BrN. The lowest BCUT2D eigenvalue weighted by atomic mass is 10.0. The van der Waals surface area contributed by atoms with E-state index in [-0.39, 0.29) is 0 Å². The van der Waals surface area contributed by atoms with Gasteiger partial charge in [-0.2, -0.15) is 0 Å². The molecule has 1 aromatic carbocycles. The van der Waals surface area contributed by atoms with E-state index in [1.54, 1.807) is 0 Å². The van der Waals surface area contributed by atoms with Crippen molar-refractivity contribution in [3.05, 3.63) is 64.3 Å². The van der Waals surface area contributed by atoms with E-state index in [0.29, 0.717) is 0 Å². The number of rotatable bonds is 2. The van der Waals surface area contributed by atoms with Crippen LogP contribution < -0.4 is 0 Å². The van der Waals surface area contributed by atoms with Crippen molar-refractivity contribution in [2.75, 3.05) is 6.54 Å². The molecule has 1 heterocycles. The highest BCUT2D eigenvalue weighted by atomic mass is 79.9. The molecule has 0 aliphatic carbocycles. The van der Waals surface area contributed by atoms with Gasteiger partial charge in [-0.1, -0.05) is 30.8 Å². The monoisotopic (exact) mass is 289 g/mol. The summed E-state index contributed by atoms with van der Waals surface area (Å²) >= 11 is 3.53. The second-order valence-electron chi connectivity index (χ2n) is 4.07. The maximum Gasteiger partial charge on any atom is 0.0487 e. The van der Waals surface area contributed by atoms with Crippen LogP contribution in [0.25, 0.3) is 5.70 Å². The Morgan fingerprint density at radius 1 is 1.24 bits per heavy atom. The smallest absolute Gasteiger partial charge is 0.0487 e. The number of nitrogens with zero attached hydrogens (tertiary/aromatic N) is 1. The third kappa shape index (κ3) is 2.22. The van der Waals surface area contributed by atoms with Crippen LogP contribution in [-0.4, -0.2) is 11.4 Å². The highest BCUT2D eigenvalue weighted by Gasteiger charge is 2.18. The van der Waals surface area contributed by atoms with Crippen molar-refractivity contribution >= 4 is 21.6 Å². The topological polar surface area (TPSA) is 3.24 Å². The van der Waals surface area contributed by atoms with E-state index < -0.39 is 0 Å². The van der Waals surface area contributed by atoms with Crippen LogP contribution in [-0.2, 0) is 0 Å². The van der Waals surface area contributed by atoms with Gasteiger partial charge in [0.15, 0.2) is 0 Å². The van der Waals surface area contributed by atoms with Crippen LogP contribution in [0.1, 0.15) is 18.1 Å². The highest BCUT2D eigenvalue weighted by Crippen LogP contribution is 2.33. The van der Waals surface area contributed by atoms with Gasteiger partial charge in [-0.3, -0.25) is 0 Å². The summed E-state index contributed by atoms with van der Waals surface area (Å²) in [5, 5.41) is 0. The zero-order chi connectivity index (χ0) is 12.4. The largest absolute Gasteiger partial charge is 0.341 e. The number of hydrogen-bond donors (Lipinski definition) is 0. The van der Waals surface area contributed by atoms with Crippen molar-refractivity contribution in [1.29, 1.82) is 0 Å². The normalized spacial score (nSPS) is 15.7. The Hall–Kier alpha value is -1.28. The summed E-state index contributed by atoms with van der Waals surface area (Å²) in [5.41, 5.74) is 4.80. The summed E-state index contributed by atoms with van der Waals surface area (Å²) in [6, 6.07) is 8.44. The molecule has 0 saturated heterocycles. The minimum absolute atomic E-state index is 0.919. The molecule has 0 unspecified atom stereocenters. The first-order chi connectivity index (χ1) is 8.15. The Kier molecular flexibility index (Phi) is 3.53.